The second kappa shape index (κ2) is 6.92. The maximum atomic E-state index is 12.0. The van der Waals surface area contributed by atoms with Gasteiger partial charge in [0, 0.05) is 32.2 Å². The topological polar surface area (TPSA) is 72.9 Å². The number of carbonyl (C=O) groups excluding carboxylic acids is 1. The Hall–Kier alpha value is -1.30. The Morgan fingerprint density at radius 1 is 1.20 bits per heavy atom. The van der Waals surface area contributed by atoms with Gasteiger partial charge >= 0.3 is 12.0 Å². The van der Waals surface area contributed by atoms with Gasteiger partial charge in [-0.1, -0.05) is 19.8 Å². The summed E-state index contributed by atoms with van der Waals surface area (Å²) in [4.78, 5) is 27.2. The standard InChI is InChI=1S/C14H25N3O3/c1-2-12(13(18)19)15-14(20)17-9-7-16(8-10-17)11-5-3-4-6-11/h11-12H,2-10H2,1H3,(H,15,20)(H,18,19). The zero-order valence-electron chi connectivity index (χ0n) is 12.2. The molecule has 6 heteroatoms. The molecule has 2 N–H and O–H groups in total. The molecule has 0 aromatic heterocycles. The monoisotopic (exact) mass is 283 g/mol. The van der Waals surface area contributed by atoms with E-state index in [0.29, 0.717) is 25.6 Å². The number of aliphatic carboxylic acids is 1. The van der Waals surface area contributed by atoms with Crippen molar-refractivity contribution in [2.45, 2.75) is 51.1 Å². The number of carboxylic acids is 1. The lowest BCUT2D eigenvalue weighted by atomic mass is 10.2. The molecule has 1 unspecified atom stereocenters. The van der Waals surface area contributed by atoms with Gasteiger partial charge in [-0.15, -0.1) is 0 Å². The first-order valence-corrected chi connectivity index (χ1v) is 7.64. The highest BCUT2D eigenvalue weighted by molar-refractivity contribution is 5.82. The molecule has 0 radical (unpaired) electrons. The highest BCUT2D eigenvalue weighted by Gasteiger charge is 2.29. The van der Waals surface area contributed by atoms with Crippen LogP contribution in [0.2, 0.25) is 0 Å². The second-order valence-corrected chi connectivity index (χ2v) is 5.71. The predicted octanol–water partition coefficient (Wildman–Crippen LogP) is 1.12. The molecule has 0 spiro atoms. The van der Waals surface area contributed by atoms with Crippen molar-refractivity contribution in [1.29, 1.82) is 0 Å². The normalized spacial score (nSPS) is 22.8. The molecular formula is C14H25N3O3. The van der Waals surface area contributed by atoms with Crippen molar-refractivity contribution < 1.29 is 14.7 Å². The number of urea groups is 1. The van der Waals surface area contributed by atoms with Crippen LogP contribution >= 0.6 is 0 Å². The Morgan fingerprint density at radius 3 is 2.30 bits per heavy atom. The molecule has 0 aromatic rings. The maximum Gasteiger partial charge on any atom is 0.326 e. The molecular weight excluding hydrogens is 258 g/mol. The van der Waals surface area contributed by atoms with Gasteiger partial charge in [-0.3, -0.25) is 4.90 Å². The minimum Gasteiger partial charge on any atom is -0.480 e. The first kappa shape index (κ1) is 15.1. The fourth-order valence-corrected chi connectivity index (χ4v) is 3.14. The van der Waals surface area contributed by atoms with Crippen LogP contribution in [-0.2, 0) is 4.79 Å². The highest BCUT2D eigenvalue weighted by atomic mass is 16.4. The molecule has 6 nitrogen and oxygen atoms in total. The minimum atomic E-state index is -0.967. The second-order valence-electron chi connectivity index (χ2n) is 5.71. The third-order valence-corrected chi connectivity index (χ3v) is 4.45. The molecule has 20 heavy (non-hydrogen) atoms. The van der Waals surface area contributed by atoms with Gasteiger partial charge in [0.1, 0.15) is 6.04 Å². The van der Waals surface area contributed by atoms with Crippen molar-refractivity contribution in [3.8, 4) is 0 Å². The Labute approximate surface area is 120 Å². The summed E-state index contributed by atoms with van der Waals surface area (Å²) in [6.07, 6.45) is 5.61. The molecule has 2 aliphatic rings. The Kier molecular flexibility index (Phi) is 5.23. The van der Waals surface area contributed by atoms with Gasteiger partial charge in [0.15, 0.2) is 0 Å². The van der Waals surface area contributed by atoms with Crippen molar-refractivity contribution in [1.82, 2.24) is 15.1 Å². The lowest BCUT2D eigenvalue weighted by Crippen LogP contribution is -2.55. The largest absolute Gasteiger partial charge is 0.480 e. The van der Waals surface area contributed by atoms with E-state index in [-0.39, 0.29) is 6.03 Å². The first-order valence-electron chi connectivity index (χ1n) is 7.64. The summed E-state index contributed by atoms with van der Waals surface area (Å²) in [5, 5.41) is 11.6. The van der Waals surface area contributed by atoms with E-state index in [1.807, 2.05) is 0 Å². The summed E-state index contributed by atoms with van der Waals surface area (Å²) in [5.41, 5.74) is 0. The number of amides is 2. The van der Waals surface area contributed by atoms with E-state index >= 15 is 0 Å². The quantitative estimate of drug-likeness (QED) is 0.811. The number of rotatable bonds is 4. The van der Waals surface area contributed by atoms with Gasteiger partial charge in [-0.25, -0.2) is 9.59 Å². The minimum absolute atomic E-state index is 0.245. The molecule has 1 aliphatic carbocycles. The van der Waals surface area contributed by atoms with Crippen LogP contribution < -0.4 is 5.32 Å². The van der Waals surface area contributed by atoms with Crippen LogP contribution in [0.1, 0.15) is 39.0 Å². The van der Waals surface area contributed by atoms with Gasteiger partial charge in [-0.2, -0.15) is 0 Å². The first-order chi connectivity index (χ1) is 9.61. The number of nitrogens with one attached hydrogen (secondary N) is 1. The van der Waals surface area contributed by atoms with E-state index in [9.17, 15) is 9.59 Å². The van der Waals surface area contributed by atoms with Crippen LogP contribution in [-0.4, -0.2) is 65.2 Å². The van der Waals surface area contributed by atoms with Crippen LogP contribution in [0.4, 0.5) is 4.79 Å². The van der Waals surface area contributed by atoms with E-state index in [2.05, 4.69) is 10.2 Å². The van der Waals surface area contributed by atoms with E-state index in [0.717, 1.165) is 13.1 Å². The maximum absolute atomic E-state index is 12.0. The van der Waals surface area contributed by atoms with E-state index in [4.69, 9.17) is 5.11 Å². The van der Waals surface area contributed by atoms with E-state index in [1.165, 1.54) is 25.7 Å². The molecule has 0 bridgehead atoms. The van der Waals surface area contributed by atoms with Crippen molar-refractivity contribution in [2.24, 2.45) is 0 Å². The molecule has 2 fully saturated rings. The Balaban J connectivity index is 1.77. The van der Waals surface area contributed by atoms with E-state index < -0.39 is 12.0 Å². The van der Waals surface area contributed by atoms with Crippen molar-refractivity contribution in [2.75, 3.05) is 26.2 Å². The molecule has 1 saturated carbocycles. The Bertz CT molecular complexity index is 348. The molecule has 0 aromatic carbocycles. The fraction of sp³-hybridized carbons (Fsp3) is 0.857. The van der Waals surface area contributed by atoms with Crippen molar-refractivity contribution >= 4 is 12.0 Å². The summed E-state index contributed by atoms with van der Waals surface area (Å²) in [5.74, 6) is -0.967. The molecule has 2 rings (SSSR count). The predicted molar refractivity (Wildman–Crippen MR) is 75.6 cm³/mol. The van der Waals surface area contributed by atoms with Gasteiger partial charge in [-0.05, 0) is 19.3 Å². The lowest BCUT2D eigenvalue weighted by Gasteiger charge is -2.38. The number of piperazine rings is 1. The van der Waals surface area contributed by atoms with Crippen LogP contribution in [0.5, 0.6) is 0 Å². The zero-order chi connectivity index (χ0) is 14.5. The van der Waals surface area contributed by atoms with Crippen LogP contribution in [0.3, 0.4) is 0 Å². The Morgan fingerprint density at radius 2 is 1.80 bits per heavy atom. The molecule has 114 valence electrons. The lowest BCUT2D eigenvalue weighted by molar-refractivity contribution is -0.139. The van der Waals surface area contributed by atoms with Crippen molar-refractivity contribution in [3.63, 3.8) is 0 Å². The van der Waals surface area contributed by atoms with Gasteiger partial charge in [0.2, 0.25) is 0 Å². The van der Waals surface area contributed by atoms with Gasteiger partial charge in [0.25, 0.3) is 0 Å². The number of carbonyl (C=O) groups is 2. The summed E-state index contributed by atoms with van der Waals surface area (Å²) in [6.45, 7) is 4.96. The van der Waals surface area contributed by atoms with Gasteiger partial charge in [0.05, 0.1) is 0 Å². The number of hydrogen-bond donors (Lipinski definition) is 2. The summed E-state index contributed by atoms with van der Waals surface area (Å²) < 4.78 is 0. The number of nitrogens with zero attached hydrogens (tertiary/aromatic N) is 2. The molecule has 2 amide bonds. The summed E-state index contributed by atoms with van der Waals surface area (Å²) >= 11 is 0. The SMILES string of the molecule is CCC(NC(=O)N1CCN(C2CCCC2)CC1)C(=O)O. The fourth-order valence-electron chi connectivity index (χ4n) is 3.14. The average Bonchev–Trinajstić information content (AvgIpc) is 2.98. The molecule has 1 saturated heterocycles. The molecule has 1 heterocycles. The summed E-state index contributed by atoms with van der Waals surface area (Å²) in [7, 11) is 0. The third-order valence-electron chi connectivity index (χ3n) is 4.45. The average molecular weight is 283 g/mol. The number of hydrogen-bond acceptors (Lipinski definition) is 3. The van der Waals surface area contributed by atoms with Crippen LogP contribution in [0, 0.1) is 0 Å². The smallest absolute Gasteiger partial charge is 0.326 e. The van der Waals surface area contributed by atoms with Crippen LogP contribution in [0.25, 0.3) is 0 Å². The molecule has 1 atom stereocenters. The van der Waals surface area contributed by atoms with Crippen LogP contribution in [0.15, 0.2) is 0 Å². The zero-order valence-corrected chi connectivity index (χ0v) is 12.2. The molecule has 1 aliphatic heterocycles. The number of carboxylic acid groups (broad SMARTS) is 1. The van der Waals surface area contributed by atoms with E-state index in [1.54, 1.807) is 11.8 Å². The summed E-state index contributed by atoms with van der Waals surface area (Å²) in [6, 6.07) is -0.330. The van der Waals surface area contributed by atoms with Crippen molar-refractivity contribution in [3.05, 3.63) is 0 Å². The van der Waals surface area contributed by atoms with Gasteiger partial charge < -0.3 is 15.3 Å². The third kappa shape index (κ3) is 3.62. The highest BCUT2D eigenvalue weighted by Crippen LogP contribution is 2.24.